The van der Waals surface area contributed by atoms with Crippen LogP contribution in [0.5, 0.6) is 0 Å². The molecule has 0 saturated heterocycles. The Balaban J connectivity index is 1.47. The first-order valence-electron chi connectivity index (χ1n) is 8.07. The van der Waals surface area contributed by atoms with Crippen LogP contribution >= 0.6 is 0 Å². The van der Waals surface area contributed by atoms with Gasteiger partial charge in [0, 0.05) is 6.04 Å². The van der Waals surface area contributed by atoms with Crippen molar-refractivity contribution in [2.24, 2.45) is 5.41 Å². The number of rotatable bonds is 4. The molecule has 1 N–H and O–H groups in total. The average molecular weight is 257 g/mol. The van der Waals surface area contributed by atoms with Crippen LogP contribution in [0.1, 0.15) is 56.1 Å². The fraction of sp³-hybridized carbons (Fsp3) is 0.667. The molecule has 2 aliphatic rings. The summed E-state index contributed by atoms with van der Waals surface area (Å²) in [6.07, 6.45) is 11.4. The highest BCUT2D eigenvalue weighted by Crippen LogP contribution is 2.51. The lowest BCUT2D eigenvalue weighted by atomic mass is 9.57. The monoisotopic (exact) mass is 257 g/mol. The van der Waals surface area contributed by atoms with Gasteiger partial charge in [-0.1, -0.05) is 49.1 Å². The molecule has 0 heterocycles. The predicted molar refractivity (Wildman–Crippen MR) is 81.4 cm³/mol. The Morgan fingerprint density at radius 3 is 2.68 bits per heavy atom. The first-order chi connectivity index (χ1) is 9.28. The Kier molecular flexibility index (Phi) is 3.93. The number of hydrogen-bond acceptors (Lipinski definition) is 1. The smallest absolute Gasteiger partial charge is 0.0124 e. The third-order valence-corrected chi connectivity index (χ3v) is 5.41. The molecular weight excluding hydrogens is 230 g/mol. The largest absolute Gasteiger partial charge is 0.313 e. The van der Waals surface area contributed by atoms with Gasteiger partial charge in [-0.15, -0.1) is 0 Å². The van der Waals surface area contributed by atoms with Crippen molar-refractivity contribution in [1.29, 1.82) is 0 Å². The molecule has 1 heteroatoms. The molecule has 1 nitrogen and oxygen atoms in total. The van der Waals surface area contributed by atoms with Crippen LogP contribution in [0.3, 0.4) is 0 Å². The molecule has 1 aromatic carbocycles. The Bertz CT molecular complexity index is 417. The summed E-state index contributed by atoms with van der Waals surface area (Å²) in [7, 11) is 0. The van der Waals surface area contributed by atoms with Crippen molar-refractivity contribution in [2.45, 2.75) is 64.3 Å². The first-order valence-corrected chi connectivity index (χ1v) is 8.07. The minimum Gasteiger partial charge on any atom is -0.313 e. The second-order valence-corrected chi connectivity index (χ2v) is 6.71. The van der Waals surface area contributed by atoms with E-state index in [0.717, 1.165) is 12.6 Å². The van der Waals surface area contributed by atoms with Crippen molar-refractivity contribution in [2.75, 3.05) is 6.54 Å². The standard InChI is InChI=1S/C18H27N/c1-15-6-5-7-16(14-15)9-13-19-17-8-12-18(17)10-3-2-4-11-18/h5-7,14,17,19H,2-4,8-13H2,1H3. The molecule has 2 fully saturated rings. The van der Waals surface area contributed by atoms with E-state index in [4.69, 9.17) is 0 Å². The molecule has 19 heavy (non-hydrogen) atoms. The molecule has 1 spiro atoms. The van der Waals surface area contributed by atoms with Gasteiger partial charge in [-0.2, -0.15) is 0 Å². The lowest BCUT2D eigenvalue weighted by molar-refractivity contribution is 0.0236. The van der Waals surface area contributed by atoms with Gasteiger partial charge in [-0.05, 0) is 56.6 Å². The molecule has 1 unspecified atom stereocenters. The second-order valence-electron chi connectivity index (χ2n) is 6.71. The molecule has 0 radical (unpaired) electrons. The van der Waals surface area contributed by atoms with Crippen LogP contribution in [0.4, 0.5) is 0 Å². The Labute approximate surface area is 117 Å². The average Bonchev–Trinajstić information content (AvgIpc) is 2.43. The van der Waals surface area contributed by atoms with E-state index in [2.05, 4.69) is 36.5 Å². The fourth-order valence-electron chi connectivity index (χ4n) is 4.13. The summed E-state index contributed by atoms with van der Waals surface area (Å²) < 4.78 is 0. The lowest BCUT2D eigenvalue weighted by Gasteiger charge is -2.52. The number of aryl methyl sites for hydroxylation is 1. The normalized spacial score (nSPS) is 25.2. The molecule has 3 rings (SSSR count). The Hall–Kier alpha value is -0.820. The molecule has 2 aliphatic carbocycles. The summed E-state index contributed by atoms with van der Waals surface area (Å²) in [4.78, 5) is 0. The van der Waals surface area contributed by atoms with E-state index < -0.39 is 0 Å². The SMILES string of the molecule is Cc1cccc(CCNC2CCC23CCCCC3)c1. The number of hydrogen-bond donors (Lipinski definition) is 1. The minimum absolute atomic E-state index is 0.699. The molecule has 1 atom stereocenters. The summed E-state index contributed by atoms with van der Waals surface area (Å²) in [6.45, 7) is 3.33. The second kappa shape index (κ2) is 5.66. The van der Waals surface area contributed by atoms with Crippen LogP contribution in [0.2, 0.25) is 0 Å². The molecule has 0 aliphatic heterocycles. The summed E-state index contributed by atoms with van der Waals surface area (Å²) in [6, 6.07) is 9.75. The van der Waals surface area contributed by atoms with E-state index in [1.807, 2.05) is 0 Å². The summed E-state index contributed by atoms with van der Waals surface area (Å²) in [5.74, 6) is 0. The molecule has 0 aromatic heterocycles. The van der Waals surface area contributed by atoms with Gasteiger partial charge in [0.2, 0.25) is 0 Å². The van der Waals surface area contributed by atoms with Gasteiger partial charge in [0.15, 0.2) is 0 Å². The first kappa shape index (κ1) is 13.2. The van der Waals surface area contributed by atoms with Gasteiger partial charge < -0.3 is 5.32 Å². The van der Waals surface area contributed by atoms with E-state index in [9.17, 15) is 0 Å². The van der Waals surface area contributed by atoms with Gasteiger partial charge in [0.25, 0.3) is 0 Å². The molecule has 1 aromatic rings. The van der Waals surface area contributed by atoms with Crippen molar-refractivity contribution in [3.05, 3.63) is 35.4 Å². The molecule has 0 bridgehead atoms. The molecule has 104 valence electrons. The van der Waals surface area contributed by atoms with Crippen molar-refractivity contribution in [3.8, 4) is 0 Å². The zero-order valence-electron chi connectivity index (χ0n) is 12.3. The molecule has 2 saturated carbocycles. The van der Waals surface area contributed by atoms with Crippen molar-refractivity contribution in [3.63, 3.8) is 0 Å². The van der Waals surface area contributed by atoms with E-state index in [1.165, 1.54) is 62.5 Å². The zero-order valence-corrected chi connectivity index (χ0v) is 12.3. The topological polar surface area (TPSA) is 12.0 Å². The van der Waals surface area contributed by atoms with Gasteiger partial charge in [0.1, 0.15) is 0 Å². The van der Waals surface area contributed by atoms with Crippen molar-refractivity contribution < 1.29 is 0 Å². The van der Waals surface area contributed by atoms with E-state index >= 15 is 0 Å². The Morgan fingerprint density at radius 1 is 1.16 bits per heavy atom. The maximum atomic E-state index is 3.85. The summed E-state index contributed by atoms with van der Waals surface area (Å²) in [5, 5.41) is 3.85. The zero-order chi connectivity index (χ0) is 13.1. The summed E-state index contributed by atoms with van der Waals surface area (Å²) in [5.41, 5.74) is 3.56. The molecule has 0 amide bonds. The third-order valence-electron chi connectivity index (χ3n) is 5.41. The van der Waals surface area contributed by atoms with Gasteiger partial charge in [0.05, 0.1) is 0 Å². The maximum absolute atomic E-state index is 3.85. The van der Waals surface area contributed by atoms with Crippen LogP contribution in [0.15, 0.2) is 24.3 Å². The van der Waals surface area contributed by atoms with Crippen molar-refractivity contribution in [1.82, 2.24) is 5.32 Å². The van der Waals surface area contributed by atoms with Crippen LogP contribution in [-0.4, -0.2) is 12.6 Å². The fourth-order valence-corrected chi connectivity index (χ4v) is 4.13. The molecular formula is C18H27N. The highest BCUT2D eigenvalue weighted by molar-refractivity contribution is 5.22. The van der Waals surface area contributed by atoms with Crippen molar-refractivity contribution >= 4 is 0 Å². The van der Waals surface area contributed by atoms with E-state index in [1.54, 1.807) is 0 Å². The third kappa shape index (κ3) is 2.86. The van der Waals surface area contributed by atoms with Gasteiger partial charge >= 0.3 is 0 Å². The lowest BCUT2D eigenvalue weighted by Crippen LogP contribution is -2.54. The number of nitrogens with one attached hydrogen (secondary N) is 1. The Morgan fingerprint density at radius 2 is 2.00 bits per heavy atom. The summed E-state index contributed by atoms with van der Waals surface area (Å²) >= 11 is 0. The van der Waals surface area contributed by atoms with Crippen LogP contribution in [0.25, 0.3) is 0 Å². The highest BCUT2D eigenvalue weighted by atomic mass is 15.0. The number of benzene rings is 1. The van der Waals surface area contributed by atoms with E-state index in [-0.39, 0.29) is 0 Å². The highest BCUT2D eigenvalue weighted by Gasteiger charge is 2.46. The van der Waals surface area contributed by atoms with Gasteiger partial charge in [-0.3, -0.25) is 0 Å². The van der Waals surface area contributed by atoms with Crippen LogP contribution in [-0.2, 0) is 6.42 Å². The minimum atomic E-state index is 0.699. The van der Waals surface area contributed by atoms with Gasteiger partial charge in [-0.25, -0.2) is 0 Å². The van der Waals surface area contributed by atoms with Crippen LogP contribution < -0.4 is 5.32 Å². The quantitative estimate of drug-likeness (QED) is 0.850. The van der Waals surface area contributed by atoms with Crippen LogP contribution in [0, 0.1) is 12.3 Å². The maximum Gasteiger partial charge on any atom is 0.0124 e. The van der Waals surface area contributed by atoms with E-state index in [0.29, 0.717) is 5.41 Å². The predicted octanol–water partition coefficient (Wildman–Crippen LogP) is 4.24.